The van der Waals surface area contributed by atoms with Crippen molar-refractivity contribution in [1.29, 1.82) is 0 Å². The van der Waals surface area contributed by atoms with Gasteiger partial charge in [0.1, 0.15) is 5.65 Å². The Kier molecular flexibility index (Phi) is 3.12. The lowest BCUT2D eigenvalue weighted by atomic mass is 9.69. The summed E-state index contributed by atoms with van der Waals surface area (Å²) in [6, 6.07) is 4.43. The van der Waals surface area contributed by atoms with Crippen molar-refractivity contribution in [1.82, 2.24) is 14.3 Å². The predicted octanol–water partition coefficient (Wildman–Crippen LogP) is 2.59. The van der Waals surface area contributed by atoms with Crippen LogP contribution in [0.2, 0.25) is 0 Å². The number of likely N-dealkylation sites (tertiary alicyclic amines) is 1. The molecule has 1 amide bonds. The molecule has 0 bridgehead atoms. The topological polar surface area (TPSA) is 57.8 Å². The zero-order valence-electron chi connectivity index (χ0n) is 14.7. The van der Waals surface area contributed by atoms with Crippen molar-refractivity contribution in [3.63, 3.8) is 0 Å². The van der Waals surface area contributed by atoms with Crippen LogP contribution < -0.4 is 0 Å². The van der Waals surface area contributed by atoms with Crippen molar-refractivity contribution >= 4 is 11.6 Å². The molecule has 1 atom stereocenters. The highest BCUT2D eigenvalue weighted by molar-refractivity contribution is 5.81. The Balaban J connectivity index is 1.22. The smallest absolute Gasteiger partial charge is 0.225 e. The highest BCUT2D eigenvalue weighted by Crippen LogP contribution is 2.52. The van der Waals surface area contributed by atoms with E-state index in [0.29, 0.717) is 24.2 Å². The molecular weight excluding hydrogens is 314 g/mol. The van der Waals surface area contributed by atoms with Crippen LogP contribution in [0, 0.1) is 11.3 Å². The molecule has 1 unspecified atom stereocenters. The summed E-state index contributed by atoms with van der Waals surface area (Å²) in [7, 11) is 0. The molecular formula is C20H25N3O2. The second kappa shape index (κ2) is 5.07. The fraction of sp³-hybridized carbons (Fsp3) is 0.600. The molecule has 1 N–H and O–H groups in total. The van der Waals surface area contributed by atoms with E-state index in [1.54, 1.807) is 0 Å². The van der Waals surface area contributed by atoms with Gasteiger partial charge in [0.25, 0.3) is 0 Å². The SMILES string of the molecule is CC1(O)CC(C(=O)N2CC3(CCC(c4ccn5ccnc5c4)C3)C2)C1. The van der Waals surface area contributed by atoms with Crippen molar-refractivity contribution in [3.05, 3.63) is 36.3 Å². The van der Waals surface area contributed by atoms with Gasteiger partial charge in [-0.3, -0.25) is 4.79 Å². The lowest BCUT2D eigenvalue weighted by Crippen LogP contribution is -2.61. The number of hydrogen-bond acceptors (Lipinski definition) is 3. The third kappa shape index (κ3) is 2.48. The monoisotopic (exact) mass is 339 g/mol. The number of aromatic nitrogens is 2. The molecule has 0 radical (unpaired) electrons. The molecule has 5 nitrogen and oxygen atoms in total. The number of pyridine rings is 1. The van der Waals surface area contributed by atoms with Crippen LogP contribution in [0.1, 0.15) is 50.5 Å². The fourth-order valence-electron chi connectivity index (χ4n) is 5.31. The van der Waals surface area contributed by atoms with Crippen LogP contribution >= 0.6 is 0 Å². The zero-order valence-corrected chi connectivity index (χ0v) is 14.7. The van der Waals surface area contributed by atoms with Gasteiger partial charge in [-0.2, -0.15) is 0 Å². The zero-order chi connectivity index (χ0) is 17.2. The maximum atomic E-state index is 12.5. The van der Waals surface area contributed by atoms with Gasteiger partial charge < -0.3 is 14.4 Å². The molecule has 2 saturated carbocycles. The first kappa shape index (κ1) is 15.4. The maximum Gasteiger partial charge on any atom is 0.225 e. The van der Waals surface area contributed by atoms with Crippen molar-refractivity contribution < 1.29 is 9.90 Å². The molecule has 2 aromatic rings. The van der Waals surface area contributed by atoms with E-state index < -0.39 is 5.60 Å². The molecule has 5 rings (SSSR count). The van der Waals surface area contributed by atoms with E-state index in [0.717, 1.165) is 18.7 Å². The van der Waals surface area contributed by atoms with Crippen LogP contribution in [0.25, 0.3) is 5.65 Å². The summed E-state index contributed by atoms with van der Waals surface area (Å²) in [6.45, 7) is 3.64. The molecule has 3 aliphatic rings. The summed E-state index contributed by atoms with van der Waals surface area (Å²) < 4.78 is 2.05. The fourth-order valence-corrected chi connectivity index (χ4v) is 5.31. The Morgan fingerprint density at radius 3 is 2.84 bits per heavy atom. The third-order valence-corrected chi connectivity index (χ3v) is 6.68. The van der Waals surface area contributed by atoms with Gasteiger partial charge in [-0.25, -0.2) is 4.98 Å². The summed E-state index contributed by atoms with van der Waals surface area (Å²) in [4.78, 5) is 18.9. The molecule has 3 fully saturated rings. The Morgan fingerprint density at radius 1 is 1.28 bits per heavy atom. The standard InChI is InChI=1S/C20H25N3O2/c1-19(25)9-16(10-19)18(24)23-12-20(13-23)4-2-15(11-20)14-3-6-22-7-5-21-17(22)8-14/h3,5-8,15-16,25H,2,4,9-13H2,1H3. The number of hydrogen-bond donors (Lipinski definition) is 1. The highest BCUT2D eigenvalue weighted by atomic mass is 16.3. The quantitative estimate of drug-likeness (QED) is 0.915. The van der Waals surface area contributed by atoms with Gasteiger partial charge in [-0.15, -0.1) is 0 Å². The van der Waals surface area contributed by atoms with E-state index in [1.165, 1.54) is 24.8 Å². The lowest BCUT2D eigenvalue weighted by molar-refractivity contribution is -0.161. The first-order valence-electron chi connectivity index (χ1n) is 9.37. The van der Waals surface area contributed by atoms with Gasteiger partial charge in [0, 0.05) is 43.0 Å². The number of imidazole rings is 1. The number of carbonyl (C=O) groups is 1. The van der Waals surface area contributed by atoms with E-state index in [9.17, 15) is 9.90 Å². The Hall–Kier alpha value is -1.88. The van der Waals surface area contributed by atoms with E-state index in [1.807, 2.05) is 28.6 Å². The highest BCUT2D eigenvalue weighted by Gasteiger charge is 2.53. The molecule has 5 heteroatoms. The average Bonchev–Trinajstić information content (AvgIpc) is 3.16. The first-order valence-corrected chi connectivity index (χ1v) is 9.37. The number of rotatable bonds is 2. The average molecular weight is 339 g/mol. The number of carbonyl (C=O) groups excluding carboxylic acids is 1. The largest absolute Gasteiger partial charge is 0.390 e. The molecule has 1 aliphatic heterocycles. The lowest BCUT2D eigenvalue weighted by Gasteiger charge is -2.52. The molecule has 2 aliphatic carbocycles. The van der Waals surface area contributed by atoms with Crippen LogP contribution in [0.15, 0.2) is 30.7 Å². The maximum absolute atomic E-state index is 12.5. The summed E-state index contributed by atoms with van der Waals surface area (Å²) in [5.74, 6) is 0.898. The van der Waals surface area contributed by atoms with E-state index >= 15 is 0 Å². The van der Waals surface area contributed by atoms with E-state index in [4.69, 9.17) is 0 Å². The first-order chi connectivity index (χ1) is 11.9. The van der Waals surface area contributed by atoms with Crippen molar-refractivity contribution in [3.8, 4) is 0 Å². The number of amides is 1. The van der Waals surface area contributed by atoms with Crippen molar-refractivity contribution in [2.24, 2.45) is 11.3 Å². The van der Waals surface area contributed by atoms with Gasteiger partial charge in [0.15, 0.2) is 0 Å². The molecule has 0 aromatic carbocycles. The second-order valence-corrected chi connectivity index (χ2v) is 8.89. The molecule has 1 saturated heterocycles. The van der Waals surface area contributed by atoms with Gasteiger partial charge in [-0.05, 0) is 62.6 Å². The Labute approximate surface area is 147 Å². The number of nitrogens with zero attached hydrogens (tertiary/aromatic N) is 3. The van der Waals surface area contributed by atoms with Crippen molar-refractivity contribution in [2.45, 2.75) is 50.5 Å². The van der Waals surface area contributed by atoms with Gasteiger partial charge in [-0.1, -0.05) is 0 Å². The summed E-state index contributed by atoms with van der Waals surface area (Å²) >= 11 is 0. The van der Waals surface area contributed by atoms with Crippen LogP contribution in [0.4, 0.5) is 0 Å². The van der Waals surface area contributed by atoms with Crippen molar-refractivity contribution in [2.75, 3.05) is 13.1 Å². The summed E-state index contributed by atoms with van der Waals surface area (Å²) in [6.07, 6.45) is 10.8. The Morgan fingerprint density at radius 2 is 2.08 bits per heavy atom. The summed E-state index contributed by atoms with van der Waals surface area (Å²) in [5.41, 5.74) is 2.11. The minimum absolute atomic E-state index is 0.0485. The molecule has 3 heterocycles. The predicted molar refractivity (Wildman–Crippen MR) is 94.1 cm³/mol. The minimum atomic E-state index is -0.618. The third-order valence-electron chi connectivity index (χ3n) is 6.68. The molecule has 132 valence electrons. The minimum Gasteiger partial charge on any atom is -0.390 e. The molecule has 25 heavy (non-hydrogen) atoms. The molecule has 2 aromatic heterocycles. The van der Waals surface area contributed by atoms with Gasteiger partial charge in [0.05, 0.1) is 5.60 Å². The molecule has 1 spiro atoms. The van der Waals surface area contributed by atoms with Gasteiger partial charge >= 0.3 is 0 Å². The Bertz CT molecular complexity index is 826. The van der Waals surface area contributed by atoms with E-state index in [2.05, 4.69) is 23.3 Å². The number of aliphatic hydroxyl groups is 1. The number of fused-ring (bicyclic) bond motifs is 1. The van der Waals surface area contributed by atoms with Crippen LogP contribution in [0.3, 0.4) is 0 Å². The van der Waals surface area contributed by atoms with Crippen LogP contribution in [-0.4, -0.2) is 44.0 Å². The summed E-state index contributed by atoms with van der Waals surface area (Å²) in [5, 5.41) is 9.85. The second-order valence-electron chi connectivity index (χ2n) is 8.89. The normalized spacial score (nSPS) is 33.4. The van der Waals surface area contributed by atoms with E-state index in [-0.39, 0.29) is 11.8 Å². The van der Waals surface area contributed by atoms with Crippen LogP contribution in [0.5, 0.6) is 0 Å². The van der Waals surface area contributed by atoms with Crippen LogP contribution in [-0.2, 0) is 4.79 Å². The van der Waals surface area contributed by atoms with Gasteiger partial charge in [0.2, 0.25) is 5.91 Å².